The summed E-state index contributed by atoms with van der Waals surface area (Å²) in [5, 5.41) is 0. The monoisotopic (exact) mass is 178 g/mol. The number of carbonyl (C=O) groups excluding carboxylic acids is 1. The Morgan fingerprint density at radius 3 is 3.15 bits per heavy atom. The lowest BCUT2D eigenvalue weighted by Crippen LogP contribution is -2.10. The first-order valence-electron chi connectivity index (χ1n) is 5.24. The van der Waals surface area contributed by atoms with Gasteiger partial charge in [0.15, 0.2) is 5.78 Å². The van der Waals surface area contributed by atoms with E-state index in [1.165, 1.54) is 12.0 Å². The van der Waals surface area contributed by atoms with Crippen LogP contribution in [0, 0.1) is 5.92 Å². The molecule has 0 aromatic heterocycles. The number of carbonyl (C=O) groups is 1. The number of rotatable bonds is 0. The Hall–Kier alpha value is -0.630. The second kappa shape index (κ2) is 2.68. The van der Waals surface area contributed by atoms with Crippen LogP contribution in [0.1, 0.15) is 32.1 Å². The summed E-state index contributed by atoms with van der Waals surface area (Å²) < 4.78 is 5.75. The molecule has 2 atom stereocenters. The molecule has 2 unspecified atom stereocenters. The van der Waals surface area contributed by atoms with Crippen molar-refractivity contribution in [3.63, 3.8) is 0 Å². The standard InChI is InChI=1S/C11H14O2/c12-9-6-7-3-4-10-11(7)8(9)2-1-5-13-10/h7,10H,1-6H2. The van der Waals surface area contributed by atoms with E-state index in [1.807, 2.05) is 0 Å². The van der Waals surface area contributed by atoms with E-state index in [-0.39, 0.29) is 0 Å². The largest absolute Gasteiger partial charge is 0.374 e. The van der Waals surface area contributed by atoms with Crippen LogP contribution in [0.4, 0.5) is 0 Å². The number of ketones is 1. The van der Waals surface area contributed by atoms with E-state index in [4.69, 9.17) is 4.74 Å². The molecule has 13 heavy (non-hydrogen) atoms. The first-order valence-corrected chi connectivity index (χ1v) is 5.24. The van der Waals surface area contributed by atoms with Crippen molar-refractivity contribution in [2.24, 2.45) is 5.92 Å². The predicted octanol–water partition coefficient (Wildman–Crippen LogP) is 1.84. The van der Waals surface area contributed by atoms with Crippen LogP contribution in [-0.2, 0) is 9.53 Å². The lowest BCUT2D eigenvalue weighted by atomic mass is 10.0. The zero-order valence-corrected chi connectivity index (χ0v) is 7.71. The molecule has 2 aliphatic carbocycles. The smallest absolute Gasteiger partial charge is 0.159 e. The van der Waals surface area contributed by atoms with Crippen LogP contribution in [0.2, 0.25) is 0 Å². The van der Waals surface area contributed by atoms with Crippen LogP contribution in [-0.4, -0.2) is 18.5 Å². The highest BCUT2D eigenvalue weighted by Crippen LogP contribution is 2.45. The third-order valence-electron chi connectivity index (χ3n) is 3.57. The second-order valence-electron chi connectivity index (χ2n) is 4.30. The number of Topliss-reactive ketones (excluding diaryl/α,β-unsaturated/α-hetero) is 1. The van der Waals surface area contributed by atoms with Crippen molar-refractivity contribution >= 4 is 5.78 Å². The highest BCUT2D eigenvalue weighted by Gasteiger charge is 2.41. The average molecular weight is 178 g/mol. The van der Waals surface area contributed by atoms with Crippen molar-refractivity contribution in [3.8, 4) is 0 Å². The lowest BCUT2D eigenvalue weighted by Gasteiger charge is -2.10. The summed E-state index contributed by atoms with van der Waals surface area (Å²) in [6.45, 7) is 0.845. The Balaban J connectivity index is 2.05. The molecule has 1 aliphatic heterocycles. The maximum absolute atomic E-state index is 11.6. The van der Waals surface area contributed by atoms with Gasteiger partial charge in [0, 0.05) is 13.0 Å². The fraction of sp³-hybridized carbons (Fsp3) is 0.727. The molecule has 3 aliphatic rings. The summed E-state index contributed by atoms with van der Waals surface area (Å²) in [5.41, 5.74) is 2.53. The Bertz CT molecular complexity index is 290. The average Bonchev–Trinajstić information content (AvgIpc) is 2.55. The molecule has 1 heterocycles. The zero-order chi connectivity index (χ0) is 8.84. The number of hydrogen-bond donors (Lipinski definition) is 0. The van der Waals surface area contributed by atoms with Crippen LogP contribution in [0.3, 0.4) is 0 Å². The van der Waals surface area contributed by atoms with E-state index in [0.717, 1.165) is 37.9 Å². The zero-order valence-electron chi connectivity index (χ0n) is 7.71. The van der Waals surface area contributed by atoms with Crippen molar-refractivity contribution in [2.45, 2.75) is 38.2 Å². The van der Waals surface area contributed by atoms with Crippen molar-refractivity contribution < 1.29 is 9.53 Å². The Labute approximate surface area is 78.0 Å². The molecule has 1 saturated carbocycles. The van der Waals surface area contributed by atoms with Crippen LogP contribution in [0.25, 0.3) is 0 Å². The van der Waals surface area contributed by atoms with Crippen LogP contribution in [0.5, 0.6) is 0 Å². The molecule has 0 amide bonds. The van der Waals surface area contributed by atoms with Gasteiger partial charge < -0.3 is 4.74 Å². The van der Waals surface area contributed by atoms with Crippen molar-refractivity contribution in [2.75, 3.05) is 6.61 Å². The molecule has 0 radical (unpaired) electrons. The van der Waals surface area contributed by atoms with E-state index in [0.29, 0.717) is 17.8 Å². The SMILES string of the molecule is O=C1CC2CCC3OCCCC1=C23. The van der Waals surface area contributed by atoms with E-state index >= 15 is 0 Å². The maximum atomic E-state index is 11.6. The topological polar surface area (TPSA) is 26.3 Å². The summed E-state index contributed by atoms with van der Waals surface area (Å²) in [7, 11) is 0. The molecular formula is C11H14O2. The molecule has 3 rings (SSSR count). The van der Waals surface area contributed by atoms with Gasteiger partial charge in [0.05, 0.1) is 6.10 Å². The number of hydrogen-bond acceptors (Lipinski definition) is 2. The van der Waals surface area contributed by atoms with Gasteiger partial charge in [0.2, 0.25) is 0 Å². The van der Waals surface area contributed by atoms with E-state index in [9.17, 15) is 4.79 Å². The molecule has 0 aromatic carbocycles. The third kappa shape index (κ3) is 1.01. The van der Waals surface area contributed by atoms with Gasteiger partial charge in [-0.25, -0.2) is 0 Å². The van der Waals surface area contributed by atoms with E-state index < -0.39 is 0 Å². The molecule has 0 N–H and O–H groups in total. The summed E-state index contributed by atoms with van der Waals surface area (Å²) in [6, 6.07) is 0. The molecule has 0 saturated heterocycles. The van der Waals surface area contributed by atoms with Gasteiger partial charge in [0.1, 0.15) is 0 Å². The minimum absolute atomic E-state index is 0.314. The van der Waals surface area contributed by atoms with E-state index in [2.05, 4.69) is 0 Å². The first-order chi connectivity index (χ1) is 6.36. The van der Waals surface area contributed by atoms with Gasteiger partial charge in [-0.2, -0.15) is 0 Å². The van der Waals surface area contributed by atoms with Crippen LogP contribution < -0.4 is 0 Å². The van der Waals surface area contributed by atoms with E-state index in [1.54, 1.807) is 0 Å². The molecule has 2 nitrogen and oxygen atoms in total. The van der Waals surface area contributed by atoms with Crippen molar-refractivity contribution in [1.82, 2.24) is 0 Å². The highest BCUT2D eigenvalue weighted by molar-refractivity contribution is 5.99. The predicted molar refractivity (Wildman–Crippen MR) is 48.3 cm³/mol. The molecule has 0 spiro atoms. The number of ether oxygens (including phenoxy) is 1. The van der Waals surface area contributed by atoms with Gasteiger partial charge in [-0.15, -0.1) is 0 Å². The molecule has 70 valence electrons. The lowest BCUT2D eigenvalue weighted by molar-refractivity contribution is -0.115. The van der Waals surface area contributed by atoms with Crippen molar-refractivity contribution in [3.05, 3.63) is 11.1 Å². The van der Waals surface area contributed by atoms with Gasteiger partial charge in [0.25, 0.3) is 0 Å². The summed E-state index contributed by atoms with van der Waals surface area (Å²) in [5.74, 6) is 0.973. The van der Waals surface area contributed by atoms with Crippen molar-refractivity contribution in [1.29, 1.82) is 0 Å². The molecule has 2 heteroatoms. The van der Waals surface area contributed by atoms with Crippen LogP contribution in [0.15, 0.2) is 11.1 Å². The molecule has 0 bridgehead atoms. The quantitative estimate of drug-likeness (QED) is 0.565. The highest BCUT2D eigenvalue weighted by atomic mass is 16.5. The third-order valence-corrected chi connectivity index (χ3v) is 3.57. The Morgan fingerprint density at radius 2 is 2.23 bits per heavy atom. The fourth-order valence-electron chi connectivity index (χ4n) is 3.02. The normalized spacial score (nSPS) is 38.0. The van der Waals surface area contributed by atoms with Crippen LogP contribution >= 0.6 is 0 Å². The Morgan fingerprint density at radius 1 is 1.31 bits per heavy atom. The van der Waals surface area contributed by atoms with Gasteiger partial charge >= 0.3 is 0 Å². The number of allylic oxidation sites excluding steroid dienone is 1. The molecule has 0 aromatic rings. The molecular weight excluding hydrogens is 164 g/mol. The first kappa shape index (κ1) is 7.74. The fourth-order valence-corrected chi connectivity index (χ4v) is 3.02. The second-order valence-corrected chi connectivity index (χ2v) is 4.30. The van der Waals surface area contributed by atoms with Gasteiger partial charge in [-0.05, 0) is 42.7 Å². The minimum Gasteiger partial charge on any atom is -0.374 e. The summed E-state index contributed by atoms with van der Waals surface area (Å²) >= 11 is 0. The molecule has 1 fully saturated rings. The Kier molecular flexibility index (Phi) is 1.59. The summed E-state index contributed by atoms with van der Waals surface area (Å²) in [4.78, 5) is 11.6. The van der Waals surface area contributed by atoms with Gasteiger partial charge in [-0.3, -0.25) is 4.79 Å². The minimum atomic E-state index is 0.314. The van der Waals surface area contributed by atoms with Gasteiger partial charge in [-0.1, -0.05) is 0 Å². The maximum Gasteiger partial charge on any atom is 0.159 e. The summed E-state index contributed by atoms with van der Waals surface area (Å²) in [6.07, 6.45) is 5.43.